The van der Waals surface area contributed by atoms with Gasteiger partial charge in [0.15, 0.2) is 0 Å². The van der Waals surface area contributed by atoms with E-state index in [4.69, 9.17) is 5.73 Å². The summed E-state index contributed by atoms with van der Waals surface area (Å²) in [6, 6.07) is 7.04. The number of nitrogens with two attached hydrogens (primary N) is 1. The molecule has 1 aliphatic rings. The normalized spacial score (nSPS) is 15.9. The Kier molecular flexibility index (Phi) is 2.21. The van der Waals surface area contributed by atoms with Gasteiger partial charge in [-0.25, -0.2) is 4.98 Å². The van der Waals surface area contributed by atoms with E-state index >= 15 is 0 Å². The minimum atomic E-state index is 0.684. The summed E-state index contributed by atoms with van der Waals surface area (Å²) >= 11 is 0. The first-order chi connectivity index (χ1) is 7.81. The van der Waals surface area contributed by atoms with Crippen molar-refractivity contribution in [2.45, 2.75) is 32.2 Å². The number of nitrogens with zero attached hydrogens (tertiary/aromatic N) is 2. The van der Waals surface area contributed by atoms with E-state index in [0.29, 0.717) is 12.6 Å². The van der Waals surface area contributed by atoms with Crippen molar-refractivity contribution in [3.8, 4) is 0 Å². The van der Waals surface area contributed by atoms with Gasteiger partial charge in [0.25, 0.3) is 0 Å². The summed E-state index contributed by atoms with van der Waals surface area (Å²) in [5.41, 5.74) is 9.44. The highest BCUT2D eigenvalue weighted by atomic mass is 15.1. The van der Waals surface area contributed by atoms with Gasteiger partial charge in [0.1, 0.15) is 5.82 Å². The van der Waals surface area contributed by atoms with Crippen molar-refractivity contribution in [2.75, 3.05) is 6.54 Å². The van der Waals surface area contributed by atoms with Gasteiger partial charge in [0.05, 0.1) is 11.0 Å². The number of para-hydroxylation sites is 1. The third-order valence-electron chi connectivity index (χ3n) is 3.30. The molecule has 84 valence electrons. The zero-order valence-corrected chi connectivity index (χ0v) is 9.61. The molecule has 1 aromatic heterocycles. The van der Waals surface area contributed by atoms with E-state index in [-0.39, 0.29) is 0 Å². The first-order valence-electron chi connectivity index (χ1n) is 5.97. The van der Waals surface area contributed by atoms with E-state index in [1.807, 2.05) is 0 Å². The van der Waals surface area contributed by atoms with Gasteiger partial charge in [0, 0.05) is 6.04 Å². The summed E-state index contributed by atoms with van der Waals surface area (Å²) in [7, 11) is 0. The standard InChI is InChI=1S/C13H17N3/c1-9-15-12-4-2-3-10(7-8-14)13(12)16(9)11-5-6-11/h2-4,11H,5-8,14H2,1H3. The fourth-order valence-corrected chi connectivity index (χ4v) is 2.47. The van der Waals surface area contributed by atoms with Crippen LogP contribution >= 0.6 is 0 Å². The maximum absolute atomic E-state index is 5.67. The largest absolute Gasteiger partial charge is 0.330 e. The van der Waals surface area contributed by atoms with Crippen molar-refractivity contribution in [1.82, 2.24) is 9.55 Å². The lowest BCUT2D eigenvalue weighted by Gasteiger charge is -2.08. The first-order valence-corrected chi connectivity index (χ1v) is 5.97. The van der Waals surface area contributed by atoms with Gasteiger partial charge in [-0.3, -0.25) is 0 Å². The van der Waals surface area contributed by atoms with E-state index in [0.717, 1.165) is 17.8 Å². The third kappa shape index (κ3) is 1.43. The second-order valence-corrected chi connectivity index (χ2v) is 4.58. The van der Waals surface area contributed by atoms with Crippen molar-refractivity contribution in [2.24, 2.45) is 5.73 Å². The predicted octanol–water partition coefficient (Wildman–Crippen LogP) is 2.18. The molecule has 0 saturated heterocycles. The molecule has 0 spiro atoms. The van der Waals surface area contributed by atoms with E-state index in [1.165, 1.54) is 23.9 Å². The number of benzene rings is 1. The Labute approximate surface area is 95.3 Å². The molecule has 0 bridgehead atoms. The van der Waals surface area contributed by atoms with Crippen LogP contribution in [0.25, 0.3) is 11.0 Å². The lowest BCUT2D eigenvalue weighted by molar-refractivity contribution is 0.730. The molecular formula is C13H17N3. The van der Waals surface area contributed by atoms with Crippen LogP contribution in [0.15, 0.2) is 18.2 Å². The molecule has 3 nitrogen and oxygen atoms in total. The third-order valence-corrected chi connectivity index (χ3v) is 3.30. The second-order valence-electron chi connectivity index (χ2n) is 4.58. The number of rotatable bonds is 3. The lowest BCUT2D eigenvalue weighted by atomic mass is 10.1. The summed E-state index contributed by atoms with van der Waals surface area (Å²) in [6.07, 6.45) is 3.53. The van der Waals surface area contributed by atoms with Crippen LogP contribution in [-0.2, 0) is 6.42 Å². The summed E-state index contributed by atoms with van der Waals surface area (Å²) in [5.74, 6) is 1.14. The minimum absolute atomic E-state index is 0.684. The van der Waals surface area contributed by atoms with Crippen molar-refractivity contribution >= 4 is 11.0 Å². The quantitative estimate of drug-likeness (QED) is 0.852. The van der Waals surface area contributed by atoms with Crippen LogP contribution in [0, 0.1) is 6.92 Å². The molecule has 3 rings (SSSR count). The summed E-state index contributed by atoms with van der Waals surface area (Å²) in [6.45, 7) is 2.80. The van der Waals surface area contributed by atoms with E-state index < -0.39 is 0 Å². The van der Waals surface area contributed by atoms with Crippen molar-refractivity contribution in [3.63, 3.8) is 0 Å². The van der Waals surface area contributed by atoms with Gasteiger partial charge in [-0.05, 0) is 44.4 Å². The fourth-order valence-electron chi connectivity index (χ4n) is 2.47. The fraction of sp³-hybridized carbons (Fsp3) is 0.462. The Balaban J connectivity index is 2.25. The Morgan fingerprint density at radius 2 is 2.25 bits per heavy atom. The van der Waals surface area contributed by atoms with Crippen LogP contribution in [0.4, 0.5) is 0 Å². The molecule has 1 heterocycles. The molecule has 1 aromatic carbocycles. The maximum atomic E-state index is 5.67. The van der Waals surface area contributed by atoms with Crippen LogP contribution in [-0.4, -0.2) is 16.1 Å². The second kappa shape index (κ2) is 3.59. The Bertz CT molecular complexity index is 523. The molecule has 2 N–H and O–H groups in total. The Hall–Kier alpha value is -1.35. The highest BCUT2D eigenvalue weighted by Crippen LogP contribution is 2.39. The molecule has 0 unspecified atom stereocenters. The Morgan fingerprint density at radius 1 is 1.44 bits per heavy atom. The summed E-state index contributed by atoms with van der Waals surface area (Å²) in [5, 5.41) is 0. The predicted molar refractivity (Wildman–Crippen MR) is 65.5 cm³/mol. The van der Waals surface area contributed by atoms with Crippen LogP contribution in [0.5, 0.6) is 0 Å². The molecule has 16 heavy (non-hydrogen) atoms. The summed E-state index contributed by atoms with van der Waals surface area (Å²) in [4.78, 5) is 4.64. The number of hydrogen-bond acceptors (Lipinski definition) is 2. The summed E-state index contributed by atoms with van der Waals surface area (Å²) < 4.78 is 2.40. The number of aryl methyl sites for hydroxylation is 1. The molecule has 1 fully saturated rings. The van der Waals surface area contributed by atoms with Gasteiger partial charge in [-0.15, -0.1) is 0 Å². The van der Waals surface area contributed by atoms with Gasteiger partial charge >= 0.3 is 0 Å². The molecule has 1 saturated carbocycles. The number of aromatic nitrogens is 2. The number of hydrogen-bond donors (Lipinski definition) is 1. The van der Waals surface area contributed by atoms with Gasteiger partial charge in [0.2, 0.25) is 0 Å². The topological polar surface area (TPSA) is 43.8 Å². The molecule has 2 aromatic rings. The molecule has 1 aliphatic carbocycles. The van der Waals surface area contributed by atoms with Crippen molar-refractivity contribution in [1.29, 1.82) is 0 Å². The van der Waals surface area contributed by atoms with E-state index in [2.05, 4.69) is 34.7 Å². The highest BCUT2D eigenvalue weighted by molar-refractivity contribution is 5.80. The highest BCUT2D eigenvalue weighted by Gasteiger charge is 2.27. The SMILES string of the molecule is Cc1nc2cccc(CCN)c2n1C1CC1. The average Bonchev–Trinajstić information content (AvgIpc) is 3.02. The minimum Gasteiger partial charge on any atom is -0.330 e. The first kappa shape index (κ1) is 9.85. The van der Waals surface area contributed by atoms with Gasteiger partial charge < -0.3 is 10.3 Å². The van der Waals surface area contributed by atoms with E-state index in [1.54, 1.807) is 0 Å². The number of fused-ring (bicyclic) bond motifs is 1. The van der Waals surface area contributed by atoms with Crippen molar-refractivity contribution < 1.29 is 0 Å². The average molecular weight is 215 g/mol. The van der Waals surface area contributed by atoms with Crippen LogP contribution in [0.2, 0.25) is 0 Å². The van der Waals surface area contributed by atoms with Crippen LogP contribution in [0.1, 0.15) is 30.3 Å². The Morgan fingerprint density at radius 3 is 2.94 bits per heavy atom. The molecule has 3 heteroatoms. The molecule has 0 aliphatic heterocycles. The van der Waals surface area contributed by atoms with Gasteiger partial charge in [-0.1, -0.05) is 12.1 Å². The molecular weight excluding hydrogens is 198 g/mol. The molecule has 0 radical (unpaired) electrons. The van der Waals surface area contributed by atoms with Gasteiger partial charge in [-0.2, -0.15) is 0 Å². The number of imidazole rings is 1. The molecule has 0 atom stereocenters. The van der Waals surface area contributed by atoms with Crippen molar-refractivity contribution in [3.05, 3.63) is 29.6 Å². The van der Waals surface area contributed by atoms with Crippen LogP contribution < -0.4 is 5.73 Å². The zero-order valence-electron chi connectivity index (χ0n) is 9.61. The monoisotopic (exact) mass is 215 g/mol. The molecule has 0 amide bonds. The van der Waals surface area contributed by atoms with Crippen LogP contribution in [0.3, 0.4) is 0 Å². The lowest BCUT2D eigenvalue weighted by Crippen LogP contribution is -2.05. The zero-order chi connectivity index (χ0) is 11.1. The smallest absolute Gasteiger partial charge is 0.106 e. The van der Waals surface area contributed by atoms with E-state index in [9.17, 15) is 0 Å². The maximum Gasteiger partial charge on any atom is 0.106 e.